The zero-order valence-electron chi connectivity index (χ0n) is 19.9. The van der Waals surface area contributed by atoms with Gasteiger partial charge in [0.25, 0.3) is 0 Å². The highest BCUT2D eigenvalue weighted by atomic mass is 35.5. The molecule has 6 nitrogen and oxygen atoms in total. The normalized spacial score (nSPS) is 19.0. The van der Waals surface area contributed by atoms with E-state index in [4.69, 9.17) is 16.3 Å². The van der Waals surface area contributed by atoms with Crippen LogP contribution in [0, 0.1) is 29.5 Å². The maximum Gasteiger partial charge on any atom is 0.303 e. The number of aliphatic hydroxyl groups excluding tert-OH is 1. The van der Waals surface area contributed by atoms with Gasteiger partial charge in [-0.1, -0.05) is 23.4 Å². The Morgan fingerprint density at radius 3 is 2.94 bits per heavy atom. The van der Waals surface area contributed by atoms with E-state index in [9.17, 15) is 19.4 Å². The SMILES string of the molecule is COc1ccc2ncc(Cl)c([C@H](O)CCC3CCN(CC#Cc4cc(F)cs4)CC3CC(=O)O)c2c1. The fourth-order valence-corrected chi connectivity index (χ4v) is 5.80. The van der Waals surface area contributed by atoms with E-state index < -0.39 is 12.1 Å². The molecule has 0 bridgehead atoms. The first-order chi connectivity index (χ1) is 17.3. The number of hydrogen-bond acceptors (Lipinski definition) is 6. The lowest BCUT2D eigenvalue weighted by Gasteiger charge is -2.37. The summed E-state index contributed by atoms with van der Waals surface area (Å²) < 4.78 is 18.5. The Hall–Kier alpha value is -2.70. The second-order valence-electron chi connectivity index (χ2n) is 9.07. The smallest absolute Gasteiger partial charge is 0.303 e. The molecule has 2 N–H and O–H groups in total. The number of fused-ring (bicyclic) bond motifs is 1. The first-order valence-electron chi connectivity index (χ1n) is 11.8. The van der Waals surface area contributed by atoms with E-state index in [1.807, 2.05) is 18.2 Å². The third-order valence-corrected chi connectivity index (χ3v) is 7.82. The summed E-state index contributed by atoms with van der Waals surface area (Å²) in [5.74, 6) is 5.71. The van der Waals surface area contributed by atoms with Crippen molar-refractivity contribution in [1.82, 2.24) is 9.88 Å². The monoisotopic (exact) mass is 530 g/mol. The first-order valence-corrected chi connectivity index (χ1v) is 13.1. The molecule has 2 unspecified atom stereocenters. The molecular weight excluding hydrogens is 503 g/mol. The fourth-order valence-electron chi connectivity index (χ4n) is 4.90. The highest BCUT2D eigenvalue weighted by molar-refractivity contribution is 7.10. The van der Waals surface area contributed by atoms with Gasteiger partial charge in [-0.25, -0.2) is 4.39 Å². The Kier molecular flexibility index (Phi) is 8.81. The van der Waals surface area contributed by atoms with Crippen LogP contribution in [0.2, 0.25) is 5.02 Å². The van der Waals surface area contributed by atoms with Crippen molar-refractivity contribution in [1.29, 1.82) is 0 Å². The number of likely N-dealkylation sites (tertiary alicyclic amines) is 1. The minimum atomic E-state index is -0.831. The van der Waals surface area contributed by atoms with Crippen LogP contribution >= 0.6 is 22.9 Å². The largest absolute Gasteiger partial charge is 0.497 e. The number of rotatable bonds is 8. The van der Waals surface area contributed by atoms with Gasteiger partial charge in [0.2, 0.25) is 0 Å². The Morgan fingerprint density at radius 1 is 1.39 bits per heavy atom. The molecule has 4 rings (SSSR count). The van der Waals surface area contributed by atoms with Gasteiger partial charge in [-0.15, -0.1) is 11.3 Å². The van der Waals surface area contributed by atoms with Crippen LogP contribution in [0.5, 0.6) is 5.75 Å². The molecule has 0 aliphatic carbocycles. The zero-order chi connectivity index (χ0) is 25.7. The lowest BCUT2D eigenvalue weighted by molar-refractivity contribution is -0.139. The summed E-state index contributed by atoms with van der Waals surface area (Å²) in [5.41, 5.74) is 1.34. The van der Waals surface area contributed by atoms with E-state index in [1.54, 1.807) is 13.3 Å². The molecule has 0 radical (unpaired) electrons. The molecule has 1 aliphatic rings. The number of halogens is 2. The predicted molar refractivity (Wildman–Crippen MR) is 139 cm³/mol. The van der Waals surface area contributed by atoms with Gasteiger partial charge in [-0.05, 0) is 55.8 Å². The highest BCUT2D eigenvalue weighted by Crippen LogP contribution is 2.37. The number of thiophene rings is 1. The molecule has 0 spiro atoms. The topological polar surface area (TPSA) is 82.9 Å². The lowest BCUT2D eigenvalue weighted by atomic mass is 9.79. The van der Waals surface area contributed by atoms with Gasteiger partial charge >= 0.3 is 5.97 Å². The predicted octanol–water partition coefficient (Wildman–Crippen LogP) is 5.38. The van der Waals surface area contributed by atoms with E-state index in [0.717, 1.165) is 23.9 Å². The van der Waals surface area contributed by atoms with Gasteiger partial charge in [0.1, 0.15) is 11.6 Å². The number of aromatic nitrogens is 1. The van der Waals surface area contributed by atoms with Gasteiger partial charge in [0.05, 0.1) is 35.2 Å². The average Bonchev–Trinajstić information content (AvgIpc) is 3.27. The number of piperidine rings is 1. The van der Waals surface area contributed by atoms with Crippen molar-refractivity contribution in [2.24, 2.45) is 11.8 Å². The number of pyridine rings is 1. The number of carboxylic acid groups (broad SMARTS) is 1. The average molecular weight is 531 g/mol. The van der Waals surface area contributed by atoms with Crippen LogP contribution in [0.4, 0.5) is 4.39 Å². The molecule has 2 aromatic heterocycles. The van der Waals surface area contributed by atoms with E-state index in [0.29, 0.717) is 47.1 Å². The maximum absolute atomic E-state index is 13.1. The van der Waals surface area contributed by atoms with Crippen LogP contribution < -0.4 is 4.74 Å². The molecule has 0 saturated carbocycles. The van der Waals surface area contributed by atoms with Gasteiger partial charge in [0, 0.05) is 41.6 Å². The molecule has 1 saturated heterocycles. The van der Waals surface area contributed by atoms with Gasteiger partial charge < -0.3 is 14.9 Å². The second-order valence-corrected chi connectivity index (χ2v) is 10.4. The van der Waals surface area contributed by atoms with Crippen LogP contribution in [0.25, 0.3) is 10.9 Å². The third kappa shape index (κ3) is 6.54. The van der Waals surface area contributed by atoms with Crippen LogP contribution in [-0.4, -0.2) is 52.8 Å². The van der Waals surface area contributed by atoms with Crippen molar-refractivity contribution in [3.05, 3.63) is 57.1 Å². The van der Waals surface area contributed by atoms with Gasteiger partial charge in [-0.3, -0.25) is 14.7 Å². The lowest BCUT2D eigenvalue weighted by Crippen LogP contribution is -2.41. The van der Waals surface area contributed by atoms with Crippen molar-refractivity contribution < 1.29 is 24.1 Å². The number of hydrogen-bond donors (Lipinski definition) is 2. The summed E-state index contributed by atoms with van der Waals surface area (Å²) in [6.45, 7) is 1.92. The number of carboxylic acids is 1. The number of aliphatic hydroxyl groups is 1. The van der Waals surface area contributed by atoms with E-state index in [1.165, 1.54) is 22.8 Å². The van der Waals surface area contributed by atoms with Crippen molar-refractivity contribution in [2.75, 3.05) is 26.7 Å². The summed E-state index contributed by atoms with van der Waals surface area (Å²) >= 11 is 7.71. The minimum Gasteiger partial charge on any atom is -0.497 e. The summed E-state index contributed by atoms with van der Waals surface area (Å²) in [5, 5.41) is 23.2. The zero-order valence-corrected chi connectivity index (χ0v) is 21.5. The quantitative estimate of drug-likeness (QED) is 0.381. The Morgan fingerprint density at radius 2 is 2.22 bits per heavy atom. The molecular formula is C27H28ClFN2O4S. The highest BCUT2D eigenvalue weighted by Gasteiger charge is 2.31. The molecule has 1 aromatic carbocycles. The van der Waals surface area contributed by atoms with Crippen LogP contribution in [0.1, 0.15) is 42.2 Å². The molecule has 36 heavy (non-hydrogen) atoms. The van der Waals surface area contributed by atoms with E-state index in [-0.39, 0.29) is 24.1 Å². The Balaban J connectivity index is 1.42. The molecule has 1 fully saturated rings. The van der Waals surface area contributed by atoms with Crippen molar-refractivity contribution in [3.8, 4) is 17.6 Å². The van der Waals surface area contributed by atoms with Crippen LogP contribution in [-0.2, 0) is 4.79 Å². The van der Waals surface area contributed by atoms with Crippen molar-refractivity contribution >= 4 is 39.8 Å². The number of nitrogens with zero attached hydrogens (tertiary/aromatic N) is 2. The van der Waals surface area contributed by atoms with Crippen LogP contribution in [0.15, 0.2) is 35.8 Å². The Bertz CT molecular complexity index is 1290. The first kappa shape index (κ1) is 26.4. The molecule has 9 heteroatoms. The summed E-state index contributed by atoms with van der Waals surface area (Å²) in [7, 11) is 1.58. The van der Waals surface area contributed by atoms with Crippen molar-refractivity contribution in [3.63, 3.8) is 0 Å². The fraction of sp³-hybridized carbons (Fsp3) is 0.407. The number of methoxy groups -OCH3 is 1. The number of benzene rings is 1. The van der Waals surface area contributed by atoms with E-state index in [2.05, 4.69) is 21.7 Å². The molecule has 3 heterocycles. The standard InChI is InChI=1S/C27H28ClFN2O4S/c1-35-20-5-6-24-22(13-20)27(23(28)14-30-24)25(32)7-4-17-8-10-31(15-18(17)11-26(33)34)9-2-3-21-12-19(29)16-36-21/h5-6,12-14,16-18,25,32H,4,7-11,15H2,1H3,(H,33,34)/t17?,18?,25-/m1/s1. The summed E-state index contributed by atoms with van der Waals surface area (Å²) in [4.78, 5) is 18.7. The molecule has 1 aliphatic heterocycles. The summed E-state index contributed by atoms with van der Waals surface area (Å²) in [6.07, 6.45) is 2.76. The number of ether oxygens (including phenoxy) is 1. The van der Waals surface area contributed by atoms with E-state index >= 15 is 0 Å². The van der Waals surface area contributed by atoms with Crippen LogP contribution in [0.3, 0.4) is 0 Å². The Labute approximate surface area is 218 Å². The minimum absolute atomic E-state index is 0.0471. The molecule has 3 aromatic rings. The third-order valence-electron chi connectivity index (χ3n) is 6.71. The molecule has 3 atom stereocenters. The number of aliphatic carboxylic acids is 1. The van der Waals surface area contributed by atoms with Crippen molar-refractivity contribution in [2.45, 2.75) is 31.8 Å². The molecule has 0 amide bonds. The van der Waals surface area contributed by atoms with Gasteiger partial charge in [-0.2, -0.15) is 0 Å². The number of carbonyl (C=O) groups is 1. The summed E-state index contributed by atoms with van der Waals surface area (Å²) in [6, 6.07) is 6.88. The van der Waals surface area contributed by atoms with Gasteiger partial charge in [0.15, 0.2) is 0 Å². The molecule has 190 valence electrons. The second kappa shape index (κ2) is 12.0. The maximum atomic E-state index is 13.1.